The van der Waals surface area contributed by atoms with E-state index in [1.54, 1.807) is 0 Å². The summed E-state index contributed by atoms with van der Waals surface area (Å²) >= 11 is 1.83. The molecule has 0 saturated heterocycles. The van der Waals surface area contributed by atoms with E-state index in [2.05, 4.69) is 45.2 Å². The zero-order valence-electron chi connectivity index (χ0n) is 11.0. The van der Waals surface area contributed by atoms with Gasteiger partial charge in [0.05, 0.1) is 20.0 Å². The molecule has 5 radical (unpaired) electrons. The van der Waals surface area contributed by atoms with Gasteiger partial charge in [-0.2, -0.15) is 11.8 Å². The maximum Gasteiger partial charge on any atom is 0.191 e. The first-order chi connectivity index (χ1) is 8.02. The highest BCUT2D eigenvalue weighted by molar-refractivity contribution is 7.98. The van der Waals surface area contributed by atoms with Gasteiger partial charge in [0, 0.05) is 5.75 Å². The zero-order chi connectivity index (χ0) is 12.5. The molecule has 0 bridgehead atoms. The van der Waals surface area contributed by atoms with Crippen LogP contribution in [0.2, 0.25) is 19.6 Å². The van der Waals surface area contributed by atoms with Crippen LogP contribution in [0.4, 0.5) is 0 Å². The van der Waals surface area contributed by atoms with Gasteiger partial charge >= 0.3 is 0 Å². The summed E-state index contributed by atoms with van der Waals surface area (Å²) < 4.78 is 5.76. The Bertz CT molecular complexity index is 300. The van der Waals surface area contributed by atoms with E-state index in [9.17, 15) is 0 Å². The monoisotopic (exact) mass is 266 g/mol. The molecule has 0 amide bonds. The van der Waals surface area contributed by atoms with E-state index in [0.29, 0.717) is 6.04 Å². The van der Waals surface area contributed by atoms with Crippen LogP contribution in [0.25, 0.3) is 0 Å². The van der Waals surface area contributed by atoms with Crippen molar-refractivity contribution < 1.29 is 4.74 Å². The smallest absolute Gasteiger partial charge is 0.191 e. The first kappa shape index (κ1) is 13.5. The van der Waals surface area contributed by atoms with Gasteiger partial charge in [0.2, 0.25) is 0 Å². The number of hydrogen-bond donors (Lipinski definition) is 0. The Morgan fingerprint density at radius 2 is 2.18 bits per heavy atom. The van der Waals surface area contributed by atoms with E-state index < -0.39 is 8.07 Å². The summed E-state index contributed by atoms with van der Waals surface area (Å²) in [5, 5.41) is 0. The van der Waals surface area contributed by atoms with E-state index >= 15 is 0 Å². The number of rotatable bonds is 4. The van der Waals surface area contributed by atoms with E-state index in [-0.39, 0.29) is 0 Å². The molecule has 0 spiro atoms. The molecular weight excluding hydrogens is 246 g/mol. The van der Waals surface area contributed by atoms with Gasteiger partial charge in [0.15, 0.2) is 5.90 Å². The molecule has 1 saturated carbocycles. The molecule has 1 aliphatic heterocycles. The van der Waals surface area contributed by atoms with Crippen molar-refractivity contribution in [1.29, 1.82) is 0 Å². The Morgan fingerprint density at radius 1 is 1.41 bits per heavy atom. The number of nitrogens with zero attached hydrogens (tertiary/aromatic N) is 1. The van der Waals surface area contributed by atoms with Crippen molar-refractivity contribution in [2.75, 3.05) is 18.6 Å². The van der Waals surface area contributed by atoms with Crippen LogP contribution in [0.1, 0.15) is 0 Å². The summed E-state index contributed by atoms with van der Waals surface area (Å²) in [6, 6.07) is 0.337. The second-order valence-corrected chi connectivity index (χ2v) is 11.4. The van der Waals surface area contributed by atoms with Crippen LogP contribution in [0, 0.1) is 30.7 Å². The highest BCUT2D eigenvalue weighted by Crippen LogP contribution is 2.41. The molecule has 1 fully saturated rings. The van der Waals surface area contributed by atoms with Gasteiger partial charge in [-0.25, -0.2) is 4.99 Å². The van der Waals surface area contributed by atoms with Crippen molar-refractivity contribution in [3.8, 4) is 0 Å². The number of thioether (sulfide) groups is 1. The molecule has 1 heterocycles. The lowest BCUT2D eigenvalue weighted by Gasteiger charge is -2.28. The number of aliphatic imine (C=N–C) groups is 1. The standard InChI is InChI=1S/C13H20NOSSi/c1-16-9-10-8-15-13(14-10)11-6-5-7-12(11)17(2,3)4/h5-7,10H,8-9H2,1-4H3/t10-/m1/s1. The van der Waals surface area contributed by atoms with Crippen LogP contribution < -0.4 is 0 Å². The van der Waals surface area contributed by atoms with Crippen LogP contribution in [-0.4, -0.2) is 38.6 Å². The van der Waals surface area contributed by atoms with Gasteiger partial charge in [-0.1, -0.05) is 19.6 Å². The first-order valence-corrected chi connectivity index (χ1v) is 10.9. The van der Waals surface area contributed by atoms with Crippen molar-refractivity contribution in [1.82, 2.24) is 0 Å². The second kappa shape index (κ2) is 5.35. The third-order valence-corrected chi connectivity index (χ3v) is 5.70. The van der Waals surface area contributed by atoms with Crippen LogP contribution in [0.15, 0.2) is 4.99 Å². The van der Waals surface area contributed by atoms with Crippen molar-refractivity contribution >= 4 is 25.7 Å². The van der Waals surface area contributed by atoms with Crippen LogP contribution in [-0.2, 0) is 4.74 Å². The van der Waals surface area contributed by atoms with Crippen molar-refractivity contribution in [2.24, 2.45) is 4.99 Å². The minimum Gasteiger partial charge on any atom is -0.478 e. The van der Waals surface area contributed by atoms with E-state index in [0.717, 1.165) is 18.3 Å². The lowest BCUT2D eigenvalue weighted by molar-refractivity contribution is 0.322. The summed E-state index contributed by atoms with van der Waals surface area (Å²) in [6.45, 7) is 7.83. The van der Waals surface area contributed by atoms with Crippen molar-refractivity contribution in [3.63, 3.8) is 0 Å². The second-order valence-electron chi connectivity index (χ2n) is 5.46. The summed E-state index contributed by atoms with van der Waals surface area (Å²) in [5.41, 5.74) is 1.46. The molecule has 0 N–H and O–H groups in total. The Kier molecular flexibility index (Phi) is 4.24. The Morgan fingerprint density at radius 3 is 2.82 bits per heavy atom. The fourth-order valence-electron chi connectivity index (χ4n) is 2.10. The summed E-state index contributed by atoms with van der Waals surface area (Å²) in [5.74, 6) is 3.14. The lowest BCUT2D eigenvalue weighted by atomic mass is 10.1. The lowest BCUT2D eigenvalue weighted by Crippen LogP contribution is -2.35. The fraction of sp³-hybridized carbons (Fsp3) is 0.538. The predicted molar refractivity (Wildman–Crippen MR) is 78.3 cm³/mol. The highest BCUT2D eigenvalue weighted by atomic mass is 32.2. The Balaban J connectivity index is 2.05. The van der Waals surface area contributed by atoms with Gasteiger partial charge in [-0.05, 0) is 31.1 Å². The SMILES string of the molecule is CSC[C@H]1COC([C]2[CH][CH][CH][C]2[Si](C)(C)C)=N1. The molecule has 4 heteroatoms. The van der Waals surface area contributed by atoms with E-state index in [1.807, 2.05) is 11.8 Å². The van der Waals surface area contributed by atoms with Gasteiger partial charge < -0.3 is 4.74 Å². The molecule has 0 aromatic rings. The summed E-state index contributed by atoms with van der Waals surface area (Å²) in [6.07, 6.45) is 8.61. The average molecular weight is 266 g/mol. The van der Waals surface area contributed by atoms with E-state index in [4.69, 9.17) is 9.73 Å². The maximum atomic E-state index is 5.76. The predicted octanol–water partition coefficient (Wildman–Crippen LogP) is 2.80. The Hall–Kier alpha value is 0.0369. The van der Waals surface area contributed by atoms with Gasteiger partial charge in [0.25, 0.3) is 0 Å². The fourth-order valence-corrected chi connectivity index (χ4v) is 4.25. The molecule has 0 aromatic heterocycles. The summed E-state index contributed by atoms with van der Waals surface area (Å²) in [4.78, 5) is 4.69. The molecule has 93 valence electrons. The third kappa shape index (κ3) is 3.08. The maximum absolute atomic E-state index is 5.76. The molecule has 2 nitrogen and oxygen atoms in total. The number of hydrogen-bond acceptors (Lipinski definition) is 3. The van der Waals surface area contributed by atoms with Gasteiger partial charge in [-0.15, -0.1) is 0 Å². The van der Waals surface area contributed by atoms with Crippen LogP contribution >= 0.6 is 11.8 Å². The molecule has 17 heavy (non-hydrogen) atoms. The van der Waals surface area contributed by atoms with Crippen LogP contribution in [0.5, 0.6) is 0 Å². The summed E-state index contributed by atoms with van der Waals surface area (Å²) in [7, 11) is -1.30. The molecule has 2 aliphatic rings. The molecule has 0 unspecified atom stereocenters. The Labute approximate surface area is 111 Å². The normalized spacial score (nSPS) is 27.3. The van der Waals surface area contributed by atoms with Crippen molar-refractivity contribution in [2.45, 2.75) is 25.7 Å². The van der Waals surface area contributed by atoms with Gasteiger partial charge in [-0.3, -0.25) is 0 Å². The minimum absolute atomic E-state index is 0.337. The quantitative estimate of drug-likeness (QED) is 0.730. The van der Waals surface area contributed by atoms with E-state index in [1.165, 1.54) is 11.5 Å². The largest absolute Gasteiger partial charge is 0.478 e. The first-order valence-electron chi connectivity index (χ1n) is 5.98. The molecular formula is C13H20NOSSi. The molecule has 1 atom stereocenters. The average Bonchev–Trinajstić information content (AvgIpc) is 2.82. The molecule has 2 rings (SSSR count). The molecule has 1 aliphatic carbocycles. The third-order valence-electron chi connectivity index (χ3n) is 2.93. The minimum atomic E-state index is -1.30. The van der Waals surface area contributed by atoms with Crippen molar-refractivity contribution in [3.05, 3.63) is 30.7 Å². The topological polar surface area (TPSA) is 21.6 Å². The highest BCUT2D eigenvalue weighted by Gasteiger charge is 2.43. The number of ether oxygens (including phenoxy) is 1. The zero-order valence-corrected chi connectivity index (χ0v) is 12.8. The van der Waals surface area contributed by atoms with Gasteiger partial charge in [0.1, 0.15) is 6.61 Å². The molecule has 0 aromatic carbocycles. The van der Waals surface area contributed by atoms with Crippen LogP contribution in [0.3, 0.4) is 0 Å².